The summed E-state index contributed by atoms with van der Waals surface area (Å²) in [4.78, 5) is 25.1. The Kier molecular flexibility index (Phi) is 4.96. The zero-order chi connectivity index (χ0) is 15.4. The van der Waals surface area contributed by atoms with Gasteiger partial charge in [0.2, 0.25) is 11.8 Å². The van der Waals surface area contributed by atoms with Crippen molar-refractivity contribution in [2.45, 2.75) is 45.6 Å². The molecule has 1 heterocycles. The molecule has 2 amide bonds. The van der Waals surface area contributed by atoms with E-state index < -0.39 is 0 Å². The lowest BCUT2D eigenvalue weighted by Crippen LogP contribution is -2.25. The van der Waals surface area contributed by atoms with Gasteiger partial charge in [0.1, 0.15) is 0 Å². The third-order valence-corrected chi connectivity index (χ3v) is 3.70. The molecular weight excluding hydrogens is 266 g/mol. The second-order valence-electron chi connectivity index (χ2n) is 5.68. The van der Waals surface area contributed by atoms with Crippen molar-refractivity contribution in [3.63, 3.8) is 0 Å². The molecule has 0 fully saturated rings. The van der Waals surface area contributed by atoms with Gasteiger partial charge in [-0.1, -0.05) is 0 Å². The van der Waals surface area contributed by atoms with E-state index in [4.69, 9.17) is 5.73 Å². The van der Waals surface area contributed by atoms with Crippen LogP contribution < -0.4 is 16.0 Å². The van der Waals surface area contributed by atoms with Gasteiger partial charge in [0.25, 0.3) is 0 Å². The molecule has 1 aliphatic heterocycles. The van der Waals surface area contributed by atoms with Crippen molar-refractivity contribution in [2.24, 2.45) is 5.73 Å². The first-order chi connectivity index (χ1) is 9.97. The molecule has 0 saturated carbocycles. The molecule has 0 bridgehead atoms. The van der Waals surface area contributed by atoms with E-state index in [-0.39, 0.29) is 17.9 Å². The maximum atomic E-state index is 11.9. The van der Waals surface area contributed by atoms with Gasteiger partial charge in [-0.05, 0) is 49.9 Å². The third-order valence-electron chi connectivity index (χ3n) is 3.70. The Morgan fingerprint density at radius 1 is 1.43 bits per heavy atom. The smallest absolute Gasteiger partial charge is 0.224 e. The van der Waals surface area contributed by atoms with Gasteiger partial charge in [-0.15, -0.1) is 0 Å². The fourth-order valence-corrected chi connectivity index (χ4v) is 2.61. The summed E-state index contributed by atoms with van der Waals surface area (Å²) in [6.07, 6.45) is 2.97. The van der Waals surface area contributed by atoms with Crippen LogP contribution in [0.3, 0.4) is 0 Å². The summed E-state index contributed by atoms with van der Waals surface area (Å²) in [5.41, 5.74) is 8.53. The number of hydrogen-bond donors (Lipinski definition) is 2. The Balaban J connectivity index is 1.94. The molecule has 1 atom stereocenters. The third kappa shape index (κ3) is 4.04. The number of carbonyl (C=O) groups excluding carboxylic acids is 2. The summed E-state index contributed by atoms with van der Waals surface area (Å²) in [6, 6.07) is 5.85. The van der Waals surface area contributed by atoms with E-state index in [1.807, 2.05) is 25.1 Å². The van der Waals surface area contributed by atoms with Crippen LogP contribution in [0.25, 0.3) is 0 Å². The Hall–Kier alpha value is -1.88. The van der Waals surface area contributed by atoms with E-state index in [0.29, 0.717) is 6.42 Å². The van der Waals surface area contributed by atoms with Crippen LogP contribution in [0.1, 0.15) is 38.7 Å². The number of benzene rings is 1. The van der Waals surface area contributed by atoms with Crippen LogP contribution in [0.5, 0.6) is 0 Å². The molecular formula is C16H23N3O2. The summed E-state index contributed by atoms with van der Waals surface area (Å²) in [5, 5.41) is 2.91. The van der Waals surface area contributed by atoms with Crippen LogP contribution in [-0.4, -0.2) is 24.4 Å². The van der Waals surface area contributed by atoms with Gasteiger partial charge in [0.15, 0.2) is 0 Å². The SMILES string of the molecule is CC(=O)N1CCc2cc(NC(=O)CCCC(C)N)ccc21. The highest BCUT2D eigenvalue weighted by Crippen LogP contribution is 2.30. The first kappa shape index (κ1) is 15.5. The van der Waals surface area contributed by atoms with Crippen molar-refractivity contribution < 1.29 is 9.59 Å². The first-order valence-corrected chi connectivity index (χ1v) is 7.44. The van der Waals surface area contributed by atoms with Crippen LogP contribution in [-0.2, 0) is 16.0 Å². The number of rotatable bonds is 5. The fraction of sp³-hybridized carbons (Fsp3) is 0.500. The highest BCUT2D eigenvalue weighted by atomic mass is 16.2. The van der Waals surface area contributed by atoms with Gasteiger partial charge < -0.3 is 16.0 Å². The van der Waals surface area contributed by atoms with Gasteiger partial charge in [-0.2, -0.15) is 0 Å². The second kappa shape index (κ2) is 6.72. The van der Waals surface area contributed by atoms with Gasteiger partial charge in [0.05, 0.1) is 0 Å². The van der Waals surface area contributed by atoms with Crippen molar-refractivity contribution in [1.82, 2.24) is 0 Å². The molecule has 3 N–H and O–H groups in total. The predicted molar refractivity (Wildman–Crippen MR) is 84.3 cm³/mol. The van der Waals surface area contributed by atoms with Crippen molar-refractivity contribution in [3.8, 4) is 0 Å². The van der Waals surface area contributed by atoms with Crippen molar-refractivity contribution in [2.75, 3.05) is 16.8 Å². The summed E-state index contributed by atoms with van der Waals surface area (Å²) in [7, 11) is 0. The quantitative estimate of drug-likeness (QED) is 0.871. The molecule has 0 radical (unpaired) electrons. The molecule has 114 valence electrons. The first-order valence-electron chi connectivity index (χ1n) is 7.44. The number of fused-ring (bicyclic) bond motifs is 1. The molecule has 1 unspecified atom stereocenters. The fourth-order valence-electron chi connectivity index (χ4n) is 2.61. The normalized spacial score (nSPS) is 14.7. The number of nitrogens with zero attached hydrogens (tertiary/aromatic N) is 1. The molecule has 2 rings (SSSR count). The summed E-state index contributed by atoms with van der Waals surface area (Å²) >= 11 is 0. The van der Waals surface area contributed by atoms with E-state index >= 15 is 0 Å². The topological polar surface area (TPSA) is 75.4 Å². The molecule has 1 aliphatic rings. The highest BCUT2D eigenvalue weighted by molar-refractivity contribution is 5.95. The Labute approximate surface area is 125 Å². The van der Waals surface area contributed by atoms with Crippen LogP contribution >= 0.6 is 0 Å². The predicted octanol–water partition coefficient (Wildman–Crippen LogP) is 2.05. The number of carbonyl (C=O) groups is 2. The van der Waals surface area contributed by atoms with Crippen LogP contribution in [0, 0.1) is 0 Å². The number of nitrogens with two attached hydrogens (primary N) is 1. The maximum Gasteiger partial charge on any atom is 0.224 e. The molecule has 1 aromatic carbocycles. The molecule has 0 aliphatic carbocycles. The van der Waals surface area contributed by atoms with E-state index in [0.717, 1.165) is 42.7 Å². The maximum absolute atomic E-state index is 11.9. The highest BCUT2D eigenvalue weighted by Gasteiger charge is 2.22. The molecule has 0 spiro atoms. The van der Waals surface area contributed by atoms with Crippen molar-refractivity contribution in [1.29, 1.82) is 0 Å². The summed E-state index contributed by atoms with van der Waals surface area (Å²) in [5.74, 6) is 0.0680. The Morgan fingerprint density at radius 3 is 2.86 bits per heavy atom. The number of hydrogen-bond acceptors (Lipinski definition) is 3. The van der Waals surface area contributed by atoms with Gasteiger partial charge in [-0.25, -0.2) is 0 Å². The average Bonchev–Trinajstić information content (AvgIpc) is 2.81. The number of anilines is 2. The molecule has 1 aromatic rings. The second-order valence-corrected chi connectivity index (χ2v) is 5.68. The molecule has 21 heavy (non-hydrogen) atoms. The van der Waals surface area contributed by atoms with Crippen molar-refractivity contribution >= 4 is 23.2 Å². The lowest BCUT2D eigenvalue weighted by Gasteiger charge is -2.15. The van der Waals surface area contributed by atoms with Crippen LogP contribution in [0.2, 0.25) is 0 Å². The molecule has 5 nitrogen and oxygen atoms in total. The average molecular weight is 289 g/mol. The molecule has 5 heteroatoms. The summed E-state index contributed by atoms with van der Waals surface area (Å²) < 4.78 is 0. The minimum absolute atomic E-state index is 0.0111. The number of nitrogens with one attached hydrogen (secondary N) is 1. The number of amides is 2. The van der Waals surface area contributed by atoms with E-state index in [9.17, 15) is 9.59 Å². The zero-order valence-corrected chi connectivity index (χ0v) is 12.7. The van der Waals surface area contributed by atoms with Gasteiger partial charge in [0, 0.05) is 37.3 Å². The monoisotopic (exact) mass is 289 g/mol. The largest absolute Gasteiger partial charge is 0.328 e. The minimum atomic E-state index is 0.0111. The lowest BCUT2D eigenvalue weighted by atomic mass is 10.1. The van der Waals surface area contributed by atoms with Gasteiger partial charge >= 0.3 is 0 Å². The minimum Gasteiger partial charge on any atom is -0.328 e. The molecule has 0 saturated heterocycles. The Bertz CT molecular complexity index is 540. The van der Waals surface area contributed by atoms with Crippen LogP contribution in [0.15, 0.2) is 18.2 Å². The van der Waals surface area contributed by atoms with E-state index in [2.05, 4.69) is 5.32 Å². The van der Waals surface area contributed by atoms with Gasteiger partial charge in [-0.3, -0.25) is 9.59 Å². The van der Waals surface area contributed by atoms with E-state index in [1.165, 1.54) is 0 Å². The lowest BCUT2D eigenvalue weighted by molar-refractivity contribution is -0.117. The molecule has 0 aromatic heterocycles. The zero-order valence-electron chi connectivity index (χ0n) is 12.7. The van der Waals surface area contributed by atoms with Crippen LogP contribution in [0.4, 0.5) is 11.4 Å². The summed E-state index contributed by atoms with van der Waals surface area (Å²) in [6.45, 7) is 4.23. The van der Waals surface area contributed by atoms with E-state index in [1.54, 1.807) is 11.8 Å². The standard InChI is InChI=1S/C16H23N3O2/c1-11(17)4-3-5-16(21)18-14-6-7-15-13(10-14)8-9-19(15)12(2)20/h6-7,10-11H,3-5,8-9,17H2,1-2H3,(H,18,21). The Morgan fingerprint density at radius 2 is 2.19 bits per heavy atom. The van der Waals surface area contributed by atoms with Crippen molar-refractivity contribution in [3.05, 3.63) is 23.8 Å².